The highest BCUT2D eigenvalue weighted by Crippen LogP contribution is 2.33. The van der Waals surface area contributed by atoms with E-state index in [1.807, 2.05) is 24.0 Å². The smallest absolute Gasteiger partial charge is 0.328 e. The molecule has 2 rings (SSSR count). The van der Waals surface area contributed by atoms with Crippen molar-refractivity contribution in [1.29, 1.82) is 0 Å². The summed E-state index contributed by atoms with van der Waals surface area (Å²) in [6.07, 6.45) is 6.09. The number of aliphatic carboxylic acids is 1. The number of carbonyl (C=O) groups is 1. The van der Waals surface area contributed by atoms with Gasteiger partial charge in [-0.05, 0) is 24.8 Å². The van der Waals surface area contributed by atoms with Crippen molar-refractivity contribution in [3.8, 4) is 0 Å². The quantitative estimate of drug-likeness (QED) is 0.688. The van der Waals surface area contributed by atoms with E-state index >= 15 is 0 Å². The Labute approximate surface area is 82.3 Å². The van der Waals surface area contributed by atoms with Gasteiger partial charge in [-0.25, -0.2) is 4.79 Å². The van der Waals surface area contributed by atoms with E-state index in [0.29, 0.717) is 6.42 Å². The third kappa shape index (κ3) is 1.14. The van der Waals surface area contributed by atoms with E-state index in [1.165, 1.54) is 0 Å². The number of carboxylic acids is 1. The number of hydrogen-bond acceptors (Lipinski definition) is 2. The van der Waals surface area contributed by atoms with Crippen LogP contribution in [0.5, 0.6) is 0 Å². The fourth-order valence-electron chi connectivity index (χ4n) is 2.15. The third-order valence-electron chi connectivity index (χ3n) is 2.92. The standard InChI is InChI=1S/C10H14N2O2/c1-12-5-7-3-2-4-10(11,9(13)14)8(7)6-12/h5-6H,2-4,11H2,1H3,(H,13,14). The van der Waals surface area contributed by atoms with E-state index in [1.54, 1.807) is 0 Å². The summed E-state index contributed by atoms with van der Waals surface area (Å²) in [6, 6.07) is 0. The van der Waals surface area contributed by atoms with Gasteiger partial charge in [-0.1, -0.05) is 0 Å². The first kappa shape index (κ1) is 9.27. The van der Waals surface area contributed by atoms with E-state index in [4.69, 9.17) is 10.8 Å². The highest BCUT2D eigenvalue weighted by atomic mass is 16.4. The molecule has 1 unspecified atom stereocenters. The van der Waals surface area contributed by atoms with E-state index < -0.39 is 11.5 Å². The van der Waals surface area contributed by atoms with Crippen LogP contribution >= 0.6 is 0 Å². The largest absolute Gasteiger partial charge is 0.480 e. The average Bonchev–Trinajstić information content (AvgIpc) is 2.47. The second-order valence-corrected chi connectivity index (χ2v) is 3.99. The Morgan fingerprint density at radius 1 is 1.64 bits per heavy atom. The highest BCUT2D eigenvalue weighted by Gasteiger charge is 2.40. The molecule has 14 heavy (non-hydrogen) atoms. The molecule has 3 N–H and O–H groups in total. The van der Waals surface area contributed by atoms with Gasteiger partial charge in [0, 0.05) is 25.0 Å². The van der Waals surface area contributed by atoms with Crippen LogP contribution in [-0.2, 0) is 23.8 Å². The van der Waals surface area contributed by atoms with Gasteiger partial charge in [0.05, 0.1) is 0 Å². The lowest BCUT2D eigenvalue weighted by Gasteiger charge is -2.29. The van der Waals surface area contributed by atoms with Gasteiger partial charge in [-0.3, -0.25) is 0 Å². The van der Waals surface area contributed by atoms with Crippen molar-refractivity contribution in [1.82, 2.24) is 4.57 Å². The average molecular weight is 194 g/mol. The first-order chi connectivity index (χ1) is 6.54. The highest BCUT2D eigenvalue weighted by molar-refractivity contribution is 5.81. The van der Waals surface area contributed by atoms with Gasteiger partial charge in [-0.15, -0.1) is 0 Å². The second-order valence-electron chi connectivity index (χ2n) is 3.99. The summed E-state index contributed by atoms with van der Waals surface area (Å²) in [5.74, 6) is -0.926. The Balaban J connectivity index is 2.54. The first-order valence-corrected chi connectivity index (χ1v) is 4.71. The molecule has 0 amide bonds. The van der Waals surface area contributed by atoms with Crippen LogP contribution in [0.25, 0.3) is 0 Å². The minimum absolute atomic E-state index is 0.527. The maximum absolute atomic E-state index is 11.1. The van der Waals surface area contributed by atoms with Crippen LogP contribution in [0, 0.1) is 0 Å². The molecule has 0 aromatic carbocycles. The van der Waals surface area contributed by atoms with Gasteiger partial charge < -0.3 is 15.4 Å². The number of fused-ring (bicyclic) bond motifs is 1. The van der Waals surface area contributed by atoms with Crippen LogP contribution in [0.4, 0.5) is 0 Å². The lowest BCUT2D eigenvalue weighted by atomic mass is 9.79. The summed E-state index contributed by atoms with van der Waals surface area (Å²) in [5, 5.41) is 9.12. The van der Waals surface area contributed by atoms with Crippen molar-refractivity contribution in [2.75, 3.05) is 0 Å². The Morgan fingerprint density at radius 3 is 3.00 bits per heavy atom. The molecule has 0 bridgehead atoms. The maximum Gasteiger partial charge on any atom is 0.328 e. The van der Waals surface area contributed by atoms with Crippen molar-refractivity contribution >= 4 is 5.97 Å². The van der Waals surface area contributed by atoms with Crippen LogP contribution in [0.15, 0.2) is 12.4 Å². The molecule has 1 aliphatic carbocycles. The Kier molecular flexibility index (Phi) is 1.89. The van der Waals surface area contributed by atoms with Crippen molar-refractivity contribution in [2.24, 2.45) is 12.8 Å². The topological polar surface area (TPSA) is 68.2 Å². The molecule has 1 aliphatic rings. The predicted molar refractivity (Wildman–Crippen MR) is 51.9 cm³/mol. The molecule has 1 aromatic heterocycles. The zero-order valence-electron chi connectivity index (χ0n) is 8.16. The van der Waals surface area contributed by atoms with Crippen molar-refractivity contribution < 1.29 is 9.90 Å². The summed E-state index contributed by atoms with van der Waals surface area (Å²) >= 11 is 0. The number of nitrogens with zero attached hydrogens (tertiary/aromatic N) is 1. The van der Waals surface area contributed by atoms with E-state index in [0.717, 1.165) is 24.0 Å². The van der Waals surface area contributed by atoms with Gasteiger partial charge >= 0.3 is 5.97 Å². The second kappa shape index (κ2) is 2.85. The molecule has 0 radical (unpaired) electrons. The molecular weight excluding hydrogens is 180 g/mol. The third-order valence-corrected chi connectivity index (χ3v) is 2.92. The minimum Gasteiger partial charge on any atom is -0.480 e. The molecule has 0 saturated carbocycles. The fraction of sp³-hybridized carbons (Fsp3) is 0.500. The monoisotopic (exact) mass is 194 g/mol. The van der Waals surface area contributed by atoms with Crippen molar-refractivity contribution in [3.63, 3.8) is 0 Å². The van der Waals surface area contributed by atoms with Crippen LogP contribution in [-0.4, -0.2) is 15.6 Å². The molecule has 0 aliphatic heterocycles. The number of hydrogen-bond donors (Lipinski definition) is 2. The molecule has 0 fully saturated rings. The number of rotatable bonds is 1. The zero-order valence-corrected chi connectivity index (χ0v) is 8.16. The molecule has 0 spiro atoms. The Morgan fingerprint density at radius 2 is 2.36 bits per heavy atom. The Bertz CT molecular complexity index is 383. The SMILES string of the molecule is Cn1cc2c(c1)C(N)(C(=O)O)CCC2. The molecule has 0 saturated heterocycles. The van der Waals surface area contributed by atoms with Gasteiger partial charge in [0.15, 0.2) is 0 Å². The molecule has 4 nitrogen and oxygen atoms in total. The lowest BCUT2D eigenvalue weighted by Crippen LogP contribution is -2.46. The summed E-state index contributed by atoms with van der Waals surface area (Å²) in [6.45, 7) is 0. The van der Waals surface area contributed by atoms with E-state index in [-0.39, 0.29) is 0 Å². The molecule has 1 aromatic rings. The Hall–Kier alpha value is -1.29. The summed E-state index contributed by atoms with van der Waals surface area (Å²) in [4.78, 5) is 11.1. The summed E-state index contributed by atoms with van der Waals surface area (Å²) in [7, 11) is 1.89. The minimum atomic E-state index is -1.17. The molecule has 76 valence electrons. The number of carboxylic acid groups (broad SMARTS) is 1. The maximum atomic E-state index is 11.1. The van der Waals surface area contributed by atoms with Crippen LogP contribution in [0.2, 0.25) is 0 Å². The van der Waals surface area contributed by atoms with E-state index in [2.05, 4.69) is 0 Å². The van der Waals surface area contributed by atoms with E-state index in [9.17, 15) is 4.79 Å². The number of nitrogens with two attached hydrogens (primary N) is 1. The molecule has 1 heterocycles. The van der Waals surface area contributed by atoms with Crippen LogP contribution < -0.4 is 5.73 Å². The van der Waals surface area contributed by atoms with Gasteiger partial charge in [-0.2, -0.15) is 0 Å². The number of aromatic nitrogens is 1. The van der Waals surface area contributed by atoms with Gasteiger partial charge in [0.2, 0.25) is 0 Å². The molecule has 4 heteroatoms. The zero-order chi connectivity index (χ0) is 10.3. The van der Waals surface area contributed by atoms with Crippen LogP contribution in [0.3, 0.4) is 0 Å². The lowest BCUT2D eigenvalue weighted by molar-refractivity contribution is -0.144. The van der Waals surface area contributed by atoms with Crippen molar-refractivity contribution in [3.05, 3.63) is 23.5 Å². The fourth-order valence-corrected chi connectivity index (χ4v) is 2.15. The molecular formula is C10H14N2O2. The molecule has 1 atom stereocenters. The van der Waals surface area contributed by atoms with Crippen LogP contribution in [0.1, 0.15) is 24.0 Å². The van der Waals surface area contributed by atoms with Crippen molar-refractivity contribution in [2.45, 2.75) is 24.8 Å². The predicted octanol–water partition coefficient (Wildman–Crippen LogP) is 0.600. The first-order valence-electron chi connectivity index (χ1n) is 4.71. The van der Waals surface area contributed by atoms with Gasteiger partial charge in [0.25, 0.3) is 0 Å². The number of aryl methyl sites for hydroxylation is 2. The summed E-state index contributed by atoms with van der Waals surface area (Å²) in [5.41, 5.74) is 6.59. The van der Waals surface area contributed by atoms with Gasteiger partial charge in [0.1, 0.15) is 5.54 Å². The summed E-state index contributed by atoms with van der Waals surface area (Å²) < 4.78 is 1.88. The normalized spacial score (nSPS) is 25.9.